The molecule has 3 rings (SSSR count). The number of H-pyrrole nitrogens is 1. The van der Waals surface area contributed by atoms with Crippen LogP contribution in [0.15, 0.2) is 9.32 Å². The second-order valence-corrected chi connectivity index (χ2v) is 5.89. The van der Waals surface area contributed by atoms with Crippen molar-refractivity contribution < 1.29 is 4.52 Å². The second kappa shape index (κ2) is 3.45. The first-order valence-electron chi connectivity index (χ1n) is 6.38. The molecule has 0 saturated heterocycles. The van der Waals surface area contributed by atoms with Crippen molar-refractivity contribution in [3.63, 3.8) is 0 Å². The Hall–Kier alpha value is -1.10. The van der Waals surface area contributed by atoms with Gasteiger partial charge < -0.3 is 5.73 Å². The fourth-order valence-electron chi connectivity index (χ4n) is 3.95. The predicted molar refractivity (Wildman–Crippen MR) is 62.5 cm³/mol. The van der Waals surface area contributed by atoms with Gasteiger partial charge in [0.15, 0.2) is 5.82 Å². The molecule has 1 aromatic rings. The smallest absolute Gasteiger partial charge is 0.329 e. The molecule has 5 heteroatoms. The molecule has 3 atom stereocenters. The van der Waals surface area contributed by atoms with Gasteiger partial charge in [-0.3, -0.25) is 9.51 Å². The van der Waals surface area contributed by atoms with Gasteiger partial charge in [0.05, 0.1) is 5.41 Å². The van der Waals surface area contributed by atoms with Gasteiger partial charge in [-0.1, -0.05) is 24.9 Å². The van der Waals surface area contributed by atoms with E-state index in [9.17, 15) is 4.79 Å². The lowest BCUT2D eigenvalue weighted by atomic mass is 9.75. The summed E-state index contributed by atoms with van der Waals surface area (Å²) in [6, 6.07) is 0. The standard InChI is InChI=1S/C12H19N3O2/c1-8-3-2-4-11(5-8)6-12(11,7-13)9-14-10(16)17-15-9/h8H,2-7,13H2,1H3,(H,14,15,16). The topological polar surface area (TPSA) is 84.9 Å². The molecule has 94 valence electrons. The third-order valence-electron chi connectivity index (χ3n) is 4.86. The van der Waals surface area contributed by atoms with Crippen molar-refractivity contribution in [3.05, 3.63) is 16.4 Å². The maximum absolute atomic E-state index is 11.1. The molecule has 1 aromatic heterocycles. The average Bonchev–Trinajstić information content (AvgIpc) is 2.67. The molecule has 0 amide bonds. The van der Waals surface area contributed by atoms with Crippen molar-refractivity contribution >= 4 is 0 Å². The molecule has 0 radical (unpaired) electrons. The predicted octanol–water partition coefficient (Wildman–Crippen LogP) is 1.16. The average molecular weight is 237 g/mol. The molecule has 2 fully saturated rings. The molecule has 0 aliphatic heterocycles. The molecule has 2 saturated carbocycles. The number of hydrogen-bond donors (Lipinski definition) is 2. The van der Waals surface area contributed by atoms with E-state index in [1.807, 2.05) is 0 Å². The zero-order valence-corrected chi connectivity index (χ0v) is 10.2. The first-order valence-corrected chi connectivity index (χ1v) is 6.38. The Bertz CT molecular complexity index is 480. The van der Waals surface area contributed by atoms with E-state index < -0.39 is 5.76 Å². The highest BCUT2D eigenvalue weighted by Gasteiger charge is 2.69. The van der Waals surface area contributed by atoms with E-state index >= 15 is 0 Å². The van der Waals surface area contributed by atoms with E-state index in [1.54, 1.807) is 0 Å². The molecule has 1 spiro atoms. The molecule has 1 heterocycles. The maximum Gasteiger partial charge on any atom is 0.438 e. The van der Waals surface area contributed by atoms with Crippen LogP contribution >= 0.6 is 0 Å². The van der Waals surface area contributed by atoms with Crippen LogP contribution in [0.4, 0.5) is 0 Å². The van der Waals surface area contributed by atoms with E-state index in [2.05, 4.69) is 21.6 Å². The number of nitrogens with two attached hydrogens (primary N) is 1. The molecule has 17 heavy (non-hydrogen) atoms. The minimum absolute atomic E-state index is 0.131. The highest BCUT2D eigenvalue weighted by molar-refractivity contribution is 5.30. The molecular weight excluding hydrogens is 218 g/mol. The summed E-state index contributed by atoms with van der Waals surface area (Å²) < 4.78 is 4.64. The summed E-state index contributed by atoms with van der Waals surface area (Å²) in [4.78, 5) is 13.8. The third kappa shape index (κ3) is 1.41. The summed E-state index contributed by atoms with van der Waals surface area (Å²) in [6.07, 6.45) is 5.99. The fraction of sp³-hybridized carbons (Fsp3) is 0.833. The van der Waals surface area contributed by atoms with Crippen LogP contribution in [-0.2, 0) is 5.41 Å². The SMILES string of the molecule is CC1CCCC2(C1)CC2(CN)c1noc(=O)[nH]1. The minimum atomic E-state index is -0.473. The van der Waals surface area contributed by atoms with Gasteiger partial charge in [0.1, 0.15) is 0 Å². The molecule has 2 aliphatic carbocycles. The van der Waals surface area contributed by atoms with Gasteiger partial charge in [0.2, 0.25) is 0 Å². The van der Waals surface area contributed by atoms with Crippen LogP contribution in [0.1, 0.15) is 44.9 Å². The van der Waals surface area contributed by atoms with Gasteiger partial charge >= 0.3 is 5.76 Å². The third-order valence-corrected chi connectivity index (χ3v) is 4.86. The Labute approximate surface area is 99.8 Å². The summed E-state index contributed by atoms with van der Waals surface area (Å²) in [5, 5.41) is 3.87. The van der Waals surface area contributed by atoms with Crippen LogP contribution in [0.25, 0.3) is 0 Å². The molecule has 3 N–H and O–H groups in total. The molecule has 5 nitrogen and oxygen atoms in total. The number of aromatic nitrogens is 2. The summed E-state index contributed by atoms with van der Waals surface area (Å²) >= 11 is 0. The first-order chi connectivity index (χ1) is 8.12. The van der Waals surface area contributed by atoms with Crippen molar-refractivity contribution in [2.45, 2.75) is 44.4 Å². The van der Waals surface area contributed by atoms with Crippen LogP contribution in [0.2, 0.25) is 0 Å². The van der Waals surface area contributed by atoms with E-state index in [4.69, 9.17) is 5.73 Å². The first kappa shape index (κ1) is 11.0. The number of rotatable bonds is 2. The van der Waals surface area contributed by atoms with Crippen molar-refractivity contribution in [2.24, 2.45) is 17.1 Å². The lowest BCUT2D eigenvalue weighted by molar-refractivity contribution is 0.225. The highest BCUT2D eigenvalue weighted by Crippen LogP contribution is 2.70. The van der Waals surface area contributed by atoms with E-state index in [-0.39, 0.29) is 10.8 Å². The van der Waals surface area contributed by atoms with Gasteiger partial charge in [-0.15, -0.1) is 0 Å². The Morgan fingerprint density at radius 2 is 2.47 bits per heavy atom. The molecule has 3 unspecified atom stereocenters. The van der Waals surface area contributed by atoms with Crippen LogP contribution in [0.3, 0.4) is 0 Å². The van der Waals surface area contributed by atoms with Gasteiger partial charge in [-0.05, 0) is 30.6 Å². The lowest BCUT2D eigenvalue weighted by Gasteiger charge is -2.31. The van der Waals surface area contributed by atoms with Crippen molar-refractivity contribution in [1.29, 1.82) is 0 Å². The minimum Gasteiger partial charge on any atom is -0.329 e. The molecule has 0 aromatic carbocycles. The Balaban J connectivity index is 1.94. The lowest BCUT2D eigenvalue weighted by Crippen LogP contribution is -2.32. The van der Waals surface area contributed by atoms with Crippen LogP contribution in [-0.4, -0.2) is 16.7 Å². The summed E-state index contributed by atoms with van der Waals surface area (Å²) in [6.45, 7) is 2.84. The number of nitrogens with one attached hydrogen (secondary N) is 1. The summed E-state index contributed by atoms with van der Waals surface area (Å²) in [5.74, 6) is 0.939. The summed E-state index contributed by atoms with van der Waals surface area (Å²) in [7, 11) is 0. The van der Waals surface area contributed by atoms with Gasteiger partial charge in [0.25, 0.3) is 0 Å². The van der Waals surface area contributed by atoms with Crippen LogP contribution in [0.5, 0.6) is 0 Å². The number of hydrogen-bond acceptors (Lipinski definition) is 4. The number of aromatic amines is 1. The normalized spacial score (nSPS) is 40.7. The van der Waals surface area contributed by atoms with E-state index in [0.717, 1.165) is 12.3 Å². The number of nitrogens with zero attached hydrogens (tertiary/aromatic N) is 1. The fourth-order valence-corrected chi connectivity index (χ4v) is 3.95. The van der Waals surface area contributed by atoms with Gasteiger partial charge in [-0.2, -0.15) is 0 Å². The quantitative estimate of drug-likeness (QED) is 0.808. The Morgan fingerprint density at radius 3 is 3.06 bits per heavy atom. The Morgan fingerprint density at radius 1 is 1.65 bits per heavy atom. The highest BCUT2D eigenvalue weighted by atomic mass is 16.5. The molecule has 2 aliphatic rings. The maximum atomic E-state index is 11.1. The zero-order chi connectivity index (χ0) is 12.1. The monoisotopic (exact) mass is 237 g/mol. The van der Waals surface area contributed by atoms with Crippen LogP contribution < -0.4 is 11.5 Å². The van der Waals surface area contributed by atoms with Crippen molar-refractivity contribution in [3.8, 4) is 0 Å². The second-order valence-electron chi connectivity index (χ2n) is 5.89. The van der Waals surface area contributed by atoms with Crippen molar-refractivity contribution in [2.75, 3.05) is 6.54 Å². The van der Waals surface area contributed by atoms with E-state index in [0.29, 0.717) is 12.4 Å². The van der Waals surface area contributed by atoms with Crippen molar-refractivity contribution in [1.82, 2.24) is 10.1 Å². The van der Waals surface area contributed by atoms with Crippen LogP contribution in [0, 0.1) is 11.3 Å². The van der Waals surface area contributed by atoms with Gasteiger partial charge in [-0.25, -0.2) is 4.79 Å². The largest absolute Gasteiger partial charge is 0.438 e. The summed E-state index contributed by atoms with van der Waals surface area (Å²) in [5.41, 5.74) is 6.09. The Kier molecular flexibility index (Phi) is 2.23. The molecule has 0 bridgehead atoms. The zero-order valence-electron chi connectivity index (χ0n) is 10.2. The van der Waals surface area contributed by atoms with E-state index in [1.165, 1.54) is 25.7 Å². The van der Waals surface area contributed by atoms with Gasteiger partial charge in [0, 0.05) is 6.54 Å². The molecular formula is C12H19N3O2.